The highest BCUT2D eigenvalue weighted by atomic mass is 32.2. The molecule has 68 heavy (non-hydrogen) atoms. The first-order valence-corrected chi connectivity index (χ1v) is 28.3. The number of hydrogen-bond donors (Lipinski definition) is 9. The van der Waals surface area contributed by atoms with E-state index in [1.807, 2.05) is 6.08 Å². The fraction of sp³-hybridized carbons (Fsp3) is 0.750. The molecule has 0 spiro atoms. The zero-order chi connectivity index (χ0) is 50.4. The second-order valence-corrected chi connectivity index (χ2v) is 22.4. The number of anilines is 1. The highest BCUT2D eigenvalue weighted by Crippen LogP contribution is 2.61. The van der Waals surface area contributed by atoms with Crippen molar-refractivity contribution in [3.05, 3.63) is 24.8 Å². The summed E-state index contributed by atoms with van der Waals surface area (Å²) in [5, 5.41) is 26.5. The van der Waals surface area contributed by atoms with E-state index in [0.29, 0.717) is 5.75 Å². The first kappa shape index (κ1) is 59.6. The number of nitrogens with one attached hydrogen (secondary N) is 2. The average molecular weight is 1050 g/mol. The van der Waals surface area contributed by atoms with E-state index >= 15 is 0 Å². The standard InChI is InChI=1S/C40H70N7O17P3S/c1-4-5-6-7-8-9-10-11-12-13-14-15-16-17-18-19-20-31(49)68-24-23-42-30(48)21-22-43-38(52)35(51)40(2,3)26-61-67(58,59)64-66(56,57)60-25-29-34(63-65(53,54)55)33(50)39(62-29)47-28-46-32-36(41)44-27-45-37(32)47/h19-20,27-29,33-35,39,50-51H,4-18,21-26H2,1-3H3,(H,42,48)(H,43,52)(H,56,57)(H,58,59)(H2,41,44,45)(H2,53,54,55)/t29-,33-,34-,35+,39-/m1/s1. The highest BCUT2D eigenvalue weighted by molar-refractivity contribution is 8.14. The van der Waals surface area contributed by atoms with Gasteiger partial charge in [-0.1, -0.05) is 122 Å². The fourth-order valence-electron chi connectivity index (χ4n) is 6.97. The van der Waals surface area contributed by atoms with Gasteiger partial charge in [-0.25, -0.2) is 28.6 Å². The molecule has 1 aliphatic heterocycles. The van der Waals surface area contributed by atoms with E-state index in [1.165, 1.54) is 90.9 Å². The van der Waals surface area contributed by atoms with Crippen molar-refractivity contribution in [3.8, 4) is 0 Å². The summed E-state index contributed by atoms with van der Waals surface area (Å²) in [4.78, 5) is 88.3. The van der Waals surface area contributed by atoms with Crippen LogP contribution in [0.15, 0.2) is 24.8 Å². The van der Waals surface area contributed by atoms with Crippen LogP contribution in [0.25, 0.3) is 11.2 Å². The molecule has 1 aliphatic rings. The Hall–Kier alpha value is -2.70. The zero-order valence-corrected chi connectivity index (χ0v) is 42.3. The van der Waals surface area contributed by atoms with Gasteiger partial charge >= 0.3 is 23.5 Å². The van der Waals surface area contributed by atoms with Crippen LogP contribution in [0.1, 0.15) is 130 Å². The van der Waals surface area contributed by atoms with Crippen molar-refractivity contribution in [3.63, 3.8) is 0 Å². The minimum absolute atomic E-state index is 0.0326. The summed E-state index contributed by atoms with van der Waals surface area (Å²) in [5.74, 6) is -1.09. The van der Waals surface area contributed by atoms with Crippen molar-refractivity contribution < 1.29 is 80.5 Å². The number of rotatable bonds is 35. The second-order valence-electron chi connectivity index (χ2n) is 17.0. The summed E-state index contributed by atoms with van der Waals surface area (Å²) >= 11 is 1.07. The van der Waals surface area contributed by atoms with E-state index in [2.05, 4.69) is 41.3 Å². The van der Waals surface area contributed by atoms with E-state index < -0.39 is 84.6 Å². The number of phosphoric ester groups is 3. The van der Waals surface area contributed by atoms with E-state index in [0.717, 1.165) is 48.2 Å². The van der Waals surface area contributed by atoms with Gasteiger partial charge in [0.05, 0.1) is 19.5 Å². The molecule has 0 bridgehead atoms. The summed E-state index contributed by atoms with van der Waals surface area (Å²) in [5.41, 5.74) is 4.28. The number of ether oxygens (including phenoxy) is 1. The molecule has 1 saturated heterocycles. The molecule has 388 valence electrons. The maximum absolute atomic E-state index is 12.7. The first-order valence-electron chi connectivity index (χ1n) is 22.8. The van der Waals surface area contributed by atoms with E-state index in [9.17, 15) is 57.9 Å². The van der Waals surface area contributed by atoms with Gasteiger partial charge in [0.15, 0.2) is 17.7 Å². The maximum atomic E-state index is 12.7. The number of phosphoric acid groups is 3. The molecule has 0 aromatic carbocycles. The number of aromatic nitrogens is 4. The van der Waals surface area contributed by atoms with Crippen LogP contribution in [-0.4, -0.2) is 123 Å². The third-order valence-corrected chi connectivity index (χ3v) is 14.7. The number of aliphatic hydroxyl groups is 2. The van der Waals surface area contributed by atoms with Crippen molar-refractivity contribution in [2.75, 3.05) is 37.8 Å². The van der Waals surface area contributed by atoms with Gasteiger partial charge in [0.2, 0.25) is 16.9 Å². The molecule has 7 atom stereocenters. The monoisotopic (exact) mass is 1050 g/mol. The number of nitrogen functional groups attached to an aromatic ring is 1. The summed E-state index contributed by atoms with van der Waals surface area (Å²) in [6, 6.07) is 0. The SMILES string of the molecule is CCCCCCCCCCCCCCCCC=CC(=O)SCCNC(=O)CCNC(=O)[C@H](O)C(C)(C)COP(=O)(O)OP(=O)(O)OC[C@H]1O[C@@H](n2cnc3c(N)ncnc32)[C@H](O)[C@@H]1OP(=O)(O)O. The van der Waals surface area contributed by atoms with Crippen LogP contribution in [0.2, 0.25) is 0 Å². The summed E-state index contributed by atoms with van der Waals surface area (Å²) < 4.78 is 62.4. The van der Waals surface area contributed by atoms with Crippen LogP contribution in [0.5, 0.6) is 0 Å². The second kappa shape index (κ2) is 29.6. The van der Waals surface area contributed by atoms with Crippen LogP contribution >= 0.6 is 35.2 Å². The van der Waals surface area contributed by atoms with Crippen LogP contribution < -0.4 is 16.4 Å². The minimum atomic E-state index is -5.58. The van der Waals surface area contributed by atoms with Gasteiger partial charge in [0, 0.05) is 30.7 Å². The normalized spacial score (nSPS) is 20.1. The number of aliphatic hydroxyl groups excluding tert-OH is 2. The third-order valence-electron chi connectivity index (χ3n) is 10.7. The Bertz CT molecular complexity index is 2060. The van der Waals surface area contributed by atoms with Crippen LogP contribution in [0, 0.1) is 5.41 Å². The molecule has 28 heteroatoms. The Morgan fingerprint density at radius 1 is 0.897 bits per heavy atom. The number of hydrogen-bond acceptors (Lipinski definition) is 18. The average Bonchev–Trinajstić information content (AvgIpc) is 3.83. The minimum Gasteiger partial charge on any atom is -0.386 e. The highest BCUT2D eigenvalue weighted by Gasteiger charge is 2.50. The molecule has 0 aliphatic carbocycles. The van der Waals surface area contributed by atoms with E-state index in [4.69, 9.17) is 19.5 Å². The van der Waals surface area contributed by atoms with Gasteiger partial charge in [0.25, 0.3) is 0 Å². The number of allylic oxidation sites excluding steroid dienone is 1. The Labute approximate surface area is 400 Å². The maximum Gasteiger partial charge on any atom is 0.481 e. The largest absolute Gasteiger partial charge is 0.481 e. The van der Waals surface area contributed by atoms with Gasteiger partial charge in [-0.3, -0.25) is 32.5 Å². The summed E-state index contributed by atoms with van der Waals surface area (Å²) in [7, 11) is -16.4. The van der Waals surface area contributed by atoms with Crippen LogP contribution in [0.4, 0.5) is 5.82 Å². The fourth-order valence-corrected chi connectivity index (χ4v) is 10.4. The molecular formula is C40H70N7O17P3S. The quantitative estimate of drug-likeness (QED) is 0.0246. The molecule has 2 unspecified atom stereocenters. The number of amides is 2. The van der Waals surface area contributed by atoms with Gasteiger partial charge < -0.3 is 50.9 Å². The molecule has 10 N–H and O–H groups in total. The number of nitrogens with zero attached hydrogens (tertiary/aromatic N) is 4. The molecule has 0 radical (unpaired) electrons. The number of unbranched alkanes of at least 4 members (excludes halogenated alkanes) is 14. The Morgan fingerprint density at radius 3 is 2.12 bits per heavy atom. The molecule has 1 fully saturated rings. The summed E-state index contributed by atoms with van der Waals surface area (Å²) in [6.45, 7) is 2.77. The van der Waals surface area contributed by atoms with Crippen LogP contribution in [0.3, 0.4) is 0 Å². The molecule has 2 aromatic rings. The number of carbonyl (C=O) groups excluding carboxylic acids is 3. The number of imidazole rings is 1. The lowest BCUT2D eigenvalue weighted by atomic mass is 9.87. The molecular weight excluding hydrogens is 975 g/mol. The smallest absolute Gasteiger partial charge is 0.386 e. The van der Waals surface area contributed by atoms with Gasteiger partial charge in [-0.05, 0) is 18.9 Å². The molecule has 3 heterocycles. The van der Waals surface area contributed by atoms with Crippen molar-refractivity contribution in [1.82, 2.24) is 30.2 Å². The van der Waals surface area contributed by atoms with Crippen LogP contribution in [-0.2, 0) is 50.7 Å². The zero-order valence-electron chi connectivity index (χ0n) is 38.8. The first-order chi connectivity index (χ1) is 32.1. The number of thioether (sulfide) groups is 1. The summed E-state index contributed by atoms with van der Waals surface area (Å²) in [6.07, 6.45) is 15.4. The number of fused-ring (bicyclic) bond motifs is 1. The van der Waals surface area contributed by atoms with Crippen molar-refractivity contribution in [1.29, 1.82) is 0 Å². The lowest BCUT2D eigenvalue weighted by Crippen LogP contribution is -2.46. The molecule has 0 saturated carbocycles. The molecule has 3 rings (SSSR count). The van der Waals surface area contributed by atoms with Gasteiger partial charge in [-0.2, -0.15) is 4.31 Å². The predicted octanol–water partition coefficient (Wildman–Crippen LogP) is 5.09. The Balaban J connectivity index is 1.30. The Morgan fingerprint density at radius 2 is 1.50 bits per heavy atom. The molecule has 24 nitrogen and oxygen atoms in total. The van der Waals surface area contributed by atoms with E-state index in [-0.39, 0.29) is 41.6 Å². The van der Waals surface area contributed by atoms with Gasteiger partial charge in [-0.15, -0.1) is 0 Å². The topological polar surface area (TPSA) is 364 Å². The number of nitrogens with two attached hydrogens (primary N) is 1. The third kappa shape index (κ3) is 22.2. The predicted molar refractivity (Wildman–Crippen MR) is 251 cm³/mol. The lowest BCUT2D eigenvalue weighted by Gasteiger charge is -2.30. The molecule has 2 aromatic heterocycles. The lowest BCUT2D eigenvalue weighted by molar-refractivity contribution is -0.137. The van der Waals surface area contributed by atoms with E-state index in [1.54, 1.807) is 6.08 Å². The molecule has 2 amide bonds. The van der Waals surface area contributed by atoms with Crippen molar-refractivity contribution >= 4 is 69.1 Å². The van der Waals surface area contributed by atoms with Crippen molar-refractivity contribution in [2.24, 2.45) is 5.41 Å². The van der Waals surface area contributed by atoms with Gasteiger partial charge in [0.1, 0.15) is 36.3 Å². The van der Waals surface area contributed by atoms with Crippen molar-refractivity contribution in [2.45, 2.75) is 154 Å². The Kier molecular flexibility index (Phi) is 25.9. The number of carbonyl (C=O) groups is 3.